The SMILES string of the molecule is CNC(C)CCc1nc(CSc2ccc(F)cc2)no1. The molecule has 0 spiro atoms. The third-order valence-electron chi connectivity index (χ3n) is 2.98. The maximum atomic E-state index is 12.8. The van der Waals surface area contributed by atoms with Crippen LogP contribution in [0.25, 0.3) is 0 Å². The quantitative estimate of drug-likeness (QED) is 0.796. The lowest BCUT2D eigenvalue weighted by Crippen LogP contribution is -2.21. The van der Waals surface area contributed by atoms with Crippen LogP contribution in [0, 0.1) is 5.82 Å². The van der Waals surface area contributed by atoms with E-state index in [0.717, 1.165) is 17.7 Å². The molecule has 1 heterocycles. The van der Waals surface area contributed by atoms with Gasteiger partial charge in [0, 0.05) is 17.4 Å². The zero-order valence-corrected chi connectivity index (χ0v) is 12.4. The Bertz CT molecular complexity index is 529. The second-order valence-electron chi connectivity index (χ2n) is 4.58. The molecule has 1 N–H and O–H groups in total. The average Bonchev–Trinajstić information content (AvgIpc) is 2.92. The summed E-state index contributed by atoms with van der Waals surface area (Å²) in [4.78, 5) is 5.34. The molecule has 0 saturated heterocycles. The summed E-state index contributed by atoms with van der Waals surface area (Å²) in [6, 6.07) is 6.82. The summed E-state index contributed by atoms with van der Waals surface area (Å²) in [5.41, 5.74) is 0. The van der Waals surface area contributed by atoms with Crippen molar-refractivity contribution in [3.63, 3.8) is 0 Å². The second-order valence-corrected chi connectivity index (χ2v) is 5.62. The van der Waals surface area contributed by atoms with Gasteiger partial charge in [0.2, 0.25) is 5.89 Å². The van der Waals surface area contributed by atoms with E-state index in [1.807, 2.05) is 7.05 Å². The third-order valence-corrected chi connectivity index (χ3v) is 3.98. The minimum absolute atomic E-state index is 0.227. The van der Waals surface area contributed by atoms with Crippen LogP contribution in [0.3, 0.4) is 0 Å². The molecular formula is C14H18FN3OS. The number of thioether (sulfide) groups is 1. The zero-order chi connectivity index (χ0) is 14.4. The van der Waals surface area contributed by atoms with E-state index in [-0.39, 0.29) is 5.82 Å². The Balaban J connectivity index is 1.82. The Kier molecular flexibility index (Phi) is 5.55. The van der Waals surface area contributed by atoms with Gasteiger partial charge in [-0.3, -0.25) is 0 Å². The topological polar surface area (TPSA) is 51.0 Å². The van der Waals surface area contributed by atoms with E-state index in [9.17, 15) is 4.39 Å². The smallest absolute Gasteiger partial charge is 0.226 e. The molecule has 0 fully saturated rings. The molecule has 108 valence electrons. The number of nitrogens with one attached hydrogen (secondary N) is 1. The predicted molar refractivity (Wildman–Crippen MR) is 77.1 cm³/mol. The van der Waals surface area contributed by atoms with Crippen molar-refractivity contribution >= 4 is 11.8 Å². The predicted octanol–water partition coefficient (Wildman–Crippen LogP) is 3.04. The van der Waals surface area contributed by atoms with E-state index in [4.69, 9.17) is 4.52 Å². The van der Waals surface area contributed by atoms with Gasteiger partial charge in [-0.05, 0) is 44.7 Å². The van der Waals surface area contributed by atoms with Gasteiger partial charge < -0.3 is 9.84 Å². The third kappa shape index (κ3) is 4.61. The summed E-state index contributed by atoms with van der Waals surface area (Å²) in [6.07, 6.45) is 1.74. The van der Waals surface area contributed by atoms with Gasteiger partial charge in [-0.2, -0.15) is 4.98 Å². The van der Waals surface area contributed by atoms with E-state index >= 15 is 0 Å². The Hall–Kier alpha value is -1.40. The first-order valence-corrected chi connectivity index (χ1v) is 7.53. The van der Waals surface area contributed by atoms with Crippen LogP contribution >= 0.6 is 11.8 Å². The first-order valence-electron chi connectivity index (χ1n) is 6.54. The summed E-state index contributed by atoms with van der Waals surface area (Å²) >= 11 is 1.56. The molecular weight excluding hydrogens is 277 g/mol. The van der Waals surface area contributed by atoms with Crippen LogP contribution in [0.2, 0.25) is 0 Å². The van der Waals surface area contributed by atoms with Crippen molar-refractivity contribution in [1.29, 1.82) is 0 Å². The molecule has 4 nitrogen and oxygen atoms in total. The van der Waals surface area contributed by atoms with E-state index in [0.29, 0.717) is 23.5 Å². The average molecular weight is 295 g/mol. The molecule has 2 rings (SSSR count). The minimum atomic E-state index is -0.227. The monoisotopic (exact) mass is 295 g/mol. The number of benzene rings is 1. The standard InChI is InChI=1S/C14H18FN3OS/c1-10(16-2)3-8-14-17-13(18-19-14)9-20-12-6-4-11(15)5-7-12/h4-7,10,16H,3,8-9H2,1-2H3. The lowest BCUT2D eigenvalue weighted by molar-refractivity contribution is 0.365. The van der Waals surface area contributed by atoms with Crippen molar-refractivity contribution in [2.75, 3.05) is 7.05 Å². The van der Waals surface area contributed by atoms with Gasteiger partial charge in [-0.25, -0.2) is 4.39 Å². The van der Waals surface area contributed by atoms with Crippen LogP contribution in [-0.4, -0.2) is 23.2 Å². The highest BCUT2D eigenvalue weighted by atomic mass is 32.2. The summed E-state index contributed by atoms with van der Waals surface area (Å²) in [5, 5.41) is 7.12. The maximum Gasteiger partial charge on any atom is 0.226 e. The lowest BCUT2D eigenvalue weighted by atomic mass is 10.2. The number of hydrogen-bond donors (Lipinski definition) is 1. The van der Waals surface area contributed by atoms with Crippen molar-refractivity contribution in [2.24, 2.45) is 0 Å². The Morgan fingerprint density at radius 2 is 2.10 bits per heavy atom. The molecule has 1 aromatic carbocycles. The number of nitrogens with zero attached hydrogens (tertiary/aromatic N) is 2. The molecule has 1 aromatic heterocycles. The molecule has 20 heavy (non-hydrogen) atoms. The molecule has 0 bridgehead atoms. The van der Waals surface area contributed by atoms with Gasteiger partial charge in [0.25, 0.3) is 0 Å². The molecule has 0 radical (unpaired) electrons. The van der Waals surface area contributed by atoms with E-state index in [1.165, 1.54) is 12.1 Å². The Labute approximate surface area is 122 Å². The fourth-order valence-corrected chi connectivity index (χ4v) is 2.35. The highest BCUT2D eigenvalue weighted by Crippen LogP contribution is 2.21. The molecule has 2 aromatic rings. The first kappa shape index (κ1) is 15.0. The van der Waals surface area contributed by atoms with E-state index < -0.39 is 0 Å². The van der Waals surface area contributed by atoms with Crippen molar-refractivity contribution in [1.82, 2.24) is 15.5 Å². The largest absolute Gasteiger partial charge is 0.339 e. The van der Waals surface area contributed by atoms with Gasteiger partial charge >= 0.3 is 0 Å². The highest BCUT2D eigenvalue weighted by Gasteiger charge is 2.08. The zero-order valence-electron chi connectivity index (χ0n) is 11.6. The van der Waals surface area contributed by atoms with Crippen molar-refractivity contribution in [3.8, 4) is 0 Å². The van der Waals surface area contributed by atoms with Crippen LogP contribution in [0.15, 0.2) is 33.7 Å². The molecule has 1 atom stereocenters. The van der Waals surface area contributed by atoms with Crippen LogP contribution in [0.5, 0.6) is 0 Å². The van der Waals surface area contributed by atoms with E-state index in [2.05, 4.69) is 22.4 Å². The van der Waals surface area contributed by atoms with Crippen molar-refractivity contribution in [3.05, 3.63) is 41.8 Å². The first-order chi connectivity index (χ1) is 9.67. The minimum Gasteiger partial charge on any atom is -0.339 e. The number of rotatable bonds is 7. The maximum absolute atomic E-state index is 12.8. The second kappa shape index (κ2) is 7.40. The molecule has 0 amide bonds. The summed E-state index contributed by atoms with van der Waals surface area (Å²) in [6.45, 7) is 2.11. The highest BCUT2D eigenvalue weighted by molar-refractivity contribution is 7.98. The molecule has 0 saturated carbocycles. The van der Waals surface area contributed by atoms with Crippen LogP contribution in [0.1, 0.15) is 25.1 Å². The fraction of sp³-hybridized carbons (Fsp3) is 0.429. The Morgan fingerprint density at radius 1 is 1.35 bits per heavy atom. The lowest BCUT2D eigenvalue weighted by Gasteiger charge is -2.06. The van der Waals surface area contributed by atoms with Crippen molar-refractivity contribution < 1.29 is 8.91 Å². The molecule has 1 unspecified atom stereocenters. The van der Waals surface area contributed by atoms with Gasteiger partial charge in [-0.15, -0.1) is 11.8 Å². The summed E-state index contributed by atoms with van der Waals surface area (Å²) in [5.74, 6) is 1.74. The number of aryl methyl sites for hydroxylation is 1. The van der Waals surface area contributed by atoms with Gasteiger partial charge in [0.1, 0.15) is 5.82 Å². The van der Waals surface area contributed by atoms with Crippen LogP contribution in [-0.2, 0) is 12.2 Å². The van der Waals surface area contributed by atoms with Crippen LogP contribution < -0.4 is 5.32 Å². The number of hydrogen-bond acceptors (Lipinski definition) is 5. The van der Waals surface area contributed by atoms with E-state index in [1.54, 1.807) is 23.9 Å². The normalized spacial score (nSPS) is 12.6. The number of halogens is 1. The Morgan fingerprint density at radius 3 is 2.80 bits per heavy atom. The summed E-state index contributed by atoms with van der Waals surface area (Å²) in [7, 11) is 1.93. The molecule has 6 heteroatoms. The molecule has 0 aliphatic rings. The number of aromatic nitrogens is 2. The van der Waals surface area contributed by atoms with Gasteiger partial charge in [0.05, 0.1) is 5.75 Å². The molecule has 0 aliphatic carbocycles. The summed E-state index contributed by atoms with van der Waals surface area (Å²) < 4.78 is 18.0. The van der Waals surface area contributed by atoms with Crippen molar-refractivity contribution in [2.45, 2.75) is 36.5 Å². The fourth-order valence-electron chi connectivity index (χ4n) is 1.61. The van der Waals surface area contributed by atoms with Crippen LogP contribution in [0.4, 0.5) is 4.39 Å². The molecule has 0 aliphatic heterocycles. The van der Waals surface area contributed by atoms with Gasteiger partial charge in [-0.1, -0.05) is 5.16 Å². The van der Waals surface area contributed by atoms with Gasteiger partial charge in [0.15, 0.2) is 5.82 Å².